The average molecular weight is 557 g/mol. The van der Waals surface area contributed by atoms with Crippen LogP contribution < -0.4 is 15.5 Å². The molecule has 0 N–H and O–H groups in total. The predicted octanol–water partition coefficient (Wildman–Crippen LogP) is 4.24. The van der Waals surface area contributed by atoms with Gasteiger partial charge in [-0.1, -0.05) is 50.2 Å². The van der Waals surface area contributed by atoms with E-state index in [0.29, 0.717) is 55.0 Å². The molecule has 2 aliphatic heterocycles. The second-order valence-electron chi connectivity index (χ2n) is 10.1. The number of fused-ring (bicyclic) bond motifs is 1. The number of halogens is 3. The number of para-hydroxylation sites is 1. The van der Waals surface area contributed by atoms with Gasteiger partial charge in [0.2, 0.25) is 5.91 Å². The molecule has 8 nitrogen and oxygen atoms in total. The van der Waals surface area contributed by atoms with Crippen LogP contribution in [-0.4, -0.2) is 70.0 Å². The number of hydrogen-bond acceptors (Lipinski definition) is 6. The Morgan fingerprint density at radius 2 is 1.82 bits per heavy atom. The molecule has 0 saturated carbocycles. The standard InChI is InChI=1S/C28H31ClF2N6O2/c1-5-18-9-8-10-19(6-2)23(18)37-25-20(13-21(29)26(32-25)35-15-28(30,31)16-35)24(33-27(37)39)36-12-11-34(14-17(36)4)22(38)7-3/h7-10,13,17H,3,5-6,11-12,14-16H2,1-2,4H3/t17-/m0/s1. The number of carbonyl (C=O) groups excluding carboxylic acids is 1. The molecule has 0 unspecified atom stereocenters. The first-order chi connectivity index (χ1) is 18.6. The molecule has 2 fully saturated rings. The van der Waals surface area contributed by atoms with Crippen LogP contribution >= 0.6 is 11.6 Å². The number of hydrogen-bond donors (Lipinski definition) is 0. The van der Waals surface area contributed by atoms with Crippen LogP contribution in [0.15, 0.2) is 41.7 Å². The lowest BCUT2D eigenvalue weighted by Gasteiger charge is -2.41. The Labute approximate surface area is 230 Å². The number of aromatic nitrogens is 3. The largest absolute Gasteiger partial charge is 0.355 e. The number of anilines is 2. The minimum Gasteiger partial charge on any atom is -0.350 e. The highest BCUT2D eigenvalue weighted by atomic mass is 35.5. The summed E-state index contributed by atoms with van der Waals surface area (Å²) in [5.41, 5.74) is 2.41. The number of piperazine rings is 1. The Hall–Kier alpha value is -3.53. The molecule has 1 atom stereocenters. The Bertz CT molecular complexity index is 1490. The first-order valence-corrected chi connectivity index (χ1v) is 13.5. The third-order valence-corrected chi connectivity index (χ3v) is 7.78. The van der Waals surface area contributed by atoms with Gasteiger partial charge < -0.3 is 14.7 Å². The predicted molar refractivity (Wildman–Crippen MR) is 150 cm³/mol. The number of amides is 1. The smallest absolute Gasteiger partial charge is 0.350 e. The summed E-state index contributed by atoms with van der Waals surface area (Å²) in [4.78, 5) is 40.5. The topological polar surface area (TPSA) is 74.6 Å². The van der Waals surface area contributed by atoms with E-state index >= 15 is 0 Å². The quantitative estimate of drug-likeness (QED) is 0.423. The molecule has 0 bridgehead atoms. The zero-order valence-corrected chi connectivity index (χ0v) is 23.0. The summed E-state index contributed by atoms with van der Waals surface area (Å²) >= 11 is 6.64. The summed E-state index contributed by atoms with van der Waals surface area (Å²) in [7, 11) is 0. The van der Waals surface area contributed by atoms with E-state index in [4.69, 9.17) is 16.6 Å². The zero-order valence-electron chi connectivity index (χ0n) is 22.3. The Morgan fingerprint density at radius 1 is 1.15 bits per heavy atom. The fourth-order valence-corrected chi connectivity index (χ4v) is 5.78. The van der Waals surface area contributed by atoms with Gasteiger partial charge >= 0.3 is 5.69 Å². The number of benzene rings is 1. The summed E-state index contributed by atoms with van der Waals surface area (Å²) in [6.45, 7) is 9.87. The van der Waals surface area contributed by atoms with Gasteiger partial charge in [-0.05, 0) is 43.0 Å². The highest BCUT2D eigenvalue weighted by Crippen LogP contribution is 2.38. The van der Waals surface area contributed by atoms with Crippen LogP contribution in [0.2, 0.25) is 5.02 Å². The molecule has 1 aromatic carbocycles. The number of alkyl halides is 2. The molecule has 0 radical (unpaired) electrons. The molecule has 0 aliphatic carbocycles. The molecule has 2 aliphatic rings. The first kappa shape index (κ1) is 27.1. The highest BCUT2D eigenvalue weighted by molar-refractivity contribution is 6.33. The molecule has 5 rings (SSSR count). The lowest BCUT2D eigenvalue weighted by atomic mass is 10.0. The van der Waals surface area contributed by atoms with E-state index in [1.807, 2.05) is 43.9 Å². The van der Waals surface area contributed by atoms with Gasteiger partial charge in [-0.15, -0.1) is 0 Å². The molecule has 2 saturated heterocycles. The molecular weight excluding hydrogens is 526 g/mol. The van der Waals surface area contributed by atoms with Crippen molar-refractivity contribution in [3.05, 3.63) is 63.6 Å². The van der Waals surface area contributed by atoms with Gasteiger partial charge in [-0.25, -0.2) is 23.1 Å². The Balaban J connectivity index is 1.74. The van der Waals surface area contributed by atoms with Crippen molar-refractivity contribution in [1.29, 1.82) is 0 Å². The number of aryl methyl sites for hydroxylation is 2. The van der Waals surface area contributed by atoms with E-state index < -0.39 is 24.7 Å². The maximum atomic E-state index is 13.9. The zero-order chi connectivity index (χ0) is 28.1. The van der Waals surface area contributed by atoms with Gasteiger partial charge in [0, 0.05) is 25.7 Å². The van der Waals surface area contributed by atoms with Crippen molar-refractivity contribution in [2.24, 2.45) is 0 Å². The average Bonchev–Trinajstić information content (AvgIpc) is 2.90. The monoisotopic (exact) mass is 556 g/mol. The molecule has 1 amide bonds. The molecule has 206 valence electrons. The minimum absolute atomic E-state index is 0.154. The molecule has 0 spiro atoms. The van der Waals surface area contributed by atoms with Crippen LogP contribution in [0.1, 0.15) is 31.9 Å². The van der Waals surface area contributed by atoms with Crippen LogP contribution in [0.5, 0.6) is 0 Å². The highest BCUT2D eigenvalue weighted by Gasteiger charge is 2.45. The molecular formula is C28H31ClF2N6O2. The van der Waals surface area contributed by atoms with Crippen molar-refractivity contribution >= 4 is 40.2 Å². The molecule has 4 heterocycles. The van der Waals surface area contributed by atoms with E-state index in [9.17, 15) is 18.4 Å². The van der Waals surface area contributed by atoms with E-state index in [-0.39, 0.29) is 22.8 Å². The van der Waals surface area contributed by atoms with Crippen molar-refractivity contribution in [3.63, 3.8) is 0 Å². The maximum absolute atomic E-state index is 13.9. The summed E-state index contributed by atoms with van der Waals surface area (Å²) < 4.78 is 29.0. The third-order valence-electron chi connectivity index (χ3n) is 7.50. The SMILES string of the molecule is C=CC(=O)N1CCN(c2nc(=O)n(-c3c(CC)cccc3CC)c3nc(N4CC(F)(F)C4)c(Cl)cc23)[C@@H](C)C1. The van der Waals surface area contributed by atoms with E-state index in [1.165, 1.54) is 15.5 Å². The van der Waals surface area contributed by atoms with E-state index in [0.717, 1.165) is 11.1 Å². The van der Waals surface area contributed by atoms with Crippen molar-refractivity contribution in [2.45, 2.75) is 45.6 Å². The van der Waals surface area contributed by atoms with Gasteiger partial charge in [-0.2, -0.15) is 4.98 Å². The van der Waals surface area contributed by atoms with Crippen LogP contribution in [0.4, 0.5) is 20.4 Å². The second kappa shape index (κ2) is 10.2. The number of rotatable bonds is 6. The van der Waals surface area contributed by atoms with Crippen molar-refractivity contribution in [3.8, 4) is 5.69 Å². The Kier molecular flexibility index (Phi) is 7.09. The van der Waals surface area contributed by atoms with Crippen molar-refractivity contribution < 1.29 is 13.6 Å². The third kappa shape index (κ3) is 4.75. The van der Waals surface area contributed by atoms with Gasteiger partial charge in [0.05, 0.1) is 29.2 Å². The van der Waals surface area contributed by atoms with Gasteiger partial charge in [-0.3, -0.25) is 4.79 Å². The fourth-order valence-electron chi connectivity index (χ4n) is 5.50. The fraction of sp³-hybridized carbons (Fsp3) is 0.429. The first-order valence-electron chi connectivity index (χ1n) is 13.1. The van der Waals surface area contributed by atoms with Gasteiger partial charge in [0.25, 0.3) is 5.92 Å². The Morgan fingerprint density at radius 3 is 2.38 bits per heavy atom. The molecule has 3 aromatic rings. The summed E-state index contributed by atoms with van der Waals surface area (Å²) in [6, 6.07) is 7.40. The minimum atomic E-state index is -2.81. The molecule has 2 aromatic heterocycles. The lowest BCUT2D eigenvalue weighted by molar-refractivity contribution is -0.126. The van der Waals surface area contributed by atoms with Gasteiger partial charge in [0.1, 0.15) is 11.6 Å². The second-order valence-corrected chi connectivity index (χ2v) is 10.5. The van der Waals surface area contributed by atoms with Crippen LogP contribution in [0, 0.1) is 0 Å². The summed E-state index contributed by atoms with van der Waals surface area (Å²) in [5.74, 6) is -2.35. The maximum Gasteiger partial charge on any atom is 0.355 e. The molecule has 39 heavy (non-hydrogen) atoms. The van der Waals surface area contributed by atoms with Crippen molar-refractivity contribution in [1.82, 2.24) is 19.4 Å². The van der Waals surface area contributed by atoms with Crippen LogP contribution in [0.3, 0.4) is 0 Å². The number of nitrogens with zero attached hydrogens (tertiary/aromatic N) is 6. The van der Waals surface area contributed by atoms with Gasteiger partial charge in [0.15, 0.2) is 5.65 Å². The summed E-state index contributed by atoms with van der Waals surface area (Å²) in [5, 5.41) is 0.748. The normalized spacial score (nSPS) is 18.8. The van der Waals surface area contributed by atoms with Crippen LogP contribution in [0.25, 0.3) is 16.7 Å². The lowest BCUT2D eigenvalue weighted by Crippen LogP contribution is -2.56. The summed E-state index contributed by atoms with van der Waals surface area (Å²) in [6.07, 6.45) is 2.64. The number of pyridine rings is 1. The number of carbonyl (C=O) groups is 1. The van der Waals surface area contributed by atoms with Crippen LogP contribution in [-0.2, 0) is 17.6 Å². The van der Waals surface area contributed by atoms with Crippen molar-refractivity contribution in [2.75, 3.05) is 42.5 Å². The van der Waals surface area contributed by atoms with E-state index in [2.05, 4.69) is 11.6 Å². The molecule has 11 heteroatoms. The van der Waals surface area contributed by atoms with E-state index in [1.54, 1.807) is 11.0 Å².